The number of ether oxygens (including phenoxy) is 1. The Kier molecular flexibility index (Phi) is 3.80. The molecule has 0 bridgehead atoms. The molecule has 0 aromatic heterocycles. The van der Waals surface area contributed by atoms with Crippen molar-refractivity contribution in [3.05, 3.63) is 29.8 Å². The van der Waals surface area contributed by atoms with Crippen LogP contribution in [0.15, 0.2) is 24.3 Å². The molecule has 0 amide bonds. The van der Waals surface area contributed by atoms with E-state index in [9.17, 15) is 0 Å². The van der Waals surface area contributed by atoms with Gasteiger partial charge in [-0.25, -0.2) is 0 Å². The Morgan fingerprint density at radius 1 is 1.50 bits per heavy atom. The van der Waals surface area contributed by atoms with Crippen LogP contribution in [0.2, 0.25) is 0 Å². The molecule has 1 heterocycles. The van der Waals surface area contributed by atoms with Gasteiger partial charge in [-0.05, 0) is 43.0 Å². The van der Waals surface area contributed by atoms with E-state index in [1.165, 1.54) is 5.56 Å². The van der Waals surface area contributed by atoms with Gasteiger partial charge in [0, 0.05) is 6.04 Å². The van der Waals surface area contributed by atoms with E-state index in [2.05, 4.69) is 17.4 Å². The molecule has 1 saturated heterocycles. The molecule has 0 spiro atoms. The molecular weight excluding hydrogens is 202 g/mol. The van der Waals surface area contributed by atoms with Gasteiger partial charge in [0.1, 0.15) is 5.75 Å². The molecule has 16 heavy (non-hydrogen) atoms. The third-order valence-electron chi connectivity index (χ3n) is 3.19. The average molecular weight is 221 g/mol. The Labute approximate surface area is 96.4 Å². The van der Waals surface area contributed by atoms with E-state index in [4.69, 9.17) is 9.84 Å². The lowest BCUT2D eigenvalue weighted by Gasteiger charge is -2.09. The van der Waals surface area contributed by atoms with Crippen LogP contribution in [0.5, 0.6) is 5.75 Å². The molecule has 0 radical (unpaired) electrons. The van der Waals surface area contributed by atoms with Crippen LogP contribution in [0.25, 0.3) is 0 Å². The van der Waals surface area contributed by atoms with Crippen molar-refractivity contribution in [3.8, 4) is 5.75 Å². The van der Waals surface area contributed by atoms with Gasteiger partial charge in [0.2, 0.25) is 0 Å². The minimum Gasteiger partial charge on any atom is -0.497 e. The van der Waals surface area contributed by atoms with E-state index in [1.807, 2.05) is 12.1 Å². The summed E-state index contributed by atoms with van der Waals surface area (Å²) in [5.41, 5.74) is 1.31. The molecule has 88 valence electrons. The maximum atomic E-state index is 9.05. The van der Waals surface area contributed by atoms with Crippen LogP contribution >= 0.6 is 0 Å². The summed E-state index contributed by atoms with van der Waals surface area (Å²) in [6.07, 6.45) is 2.12. The lowest BCUT2D eigenvalue weighted by Crippen LogP contribution is -2.24. The van der Waals surface area contributed by atoms with Crippen LogP contribution in [0.4, 0.5) is 0 Å². The average Bonchev–Trinajstić information content (AvgIpc) is 2.77. The first-order valence-corrected chi connectivity index (χ1v) is 5.79. The van der Waals surface area contributed by atoms with E-state index in [-0.39, 0.29) is 12.6 Å². The number of aliphatic hydroxyl groups excluding tert-OH is 1. The second-order valence-corrected chi connectivity index (χ2v) is 4.45. The molecule has 2 N–H and O–H groups in total. The van der Waals surface area contributed by atoms with Crippen LogP contribution in [0.3, 0.4) is 0 Å². The highest BCUT2D eigenvalue weighted by atomic mass is 16.5. The number of methoxy groups -OCH3 is 1. The second-order valence-electron chi connectivity index (χ2n) is 4.45. The second kappa shape index (κ2) is 5.32. The van der Waals surface area contributed by atoms with Gasteiger partial charge in [-0.1, -0.05) is 12.1 Å². The summed E-state index contributed by atoms with van der Waals surface area (Å²) >= 11 is 0. The van der Waals surface area contributed by atoms with E-state index in [1.54, 1.807) is 7.11 Å². The van der Waals surface area contributed by atoms with Crippen LogP contribution in [0, 0.1) is 5.92 Å². The lowest BCUT2D eigenvalue weighted by molar-refractivity contribution is 0.253. The van der Waals surface area contributed by atoms with Crippen molar-refractivity contribution >= 4 is 0 Å². The van der Waals surface area contributed by atoms with Crippen molar-refractivity contribution in [3.63, 3.8) is 0 Å². The minimum absolute atomic E-state index is 0.245. The number of hydrogen-bond donors (Lipinski definition) is 2. The van der Waals surface area contributed by atoms with Gasteiger partial charge in [-0.3, -0.25) is 0 Å². The third-order valence-corrected chi connectivity index (χ3v) is 3.19. The first-order valence-electron chi connectivity index (χ1n) is 5.79. The summed E-state index contributed by atoms with van der Waals surface area (Å²) < 4.78 is 5.21. The molecule has 2 unspecified atom stereocenters. The summed E-state index contributed by atoms with van der Waals surface area (Å²) in [5, 5.41) is 12.4. The Morgan fingerprint density at radius 3 is 3.06 bits per heavy atom. The fourth-order valence-electron chi connectivity index (χ4n) is 2.33. The molecule has 3 heteroatoms. The third kappa shape index (κ3) is 2.74. The van der Waals surface area contributed by atoms with Crippen LogP contribution in [-0.4, -0.2) is 31.4 Å². The van der Waals surface area contributed by atoms with Gasteiger partial charge in [-0.2, -0.15) is 0 Å². The van der Waals surface area contributed by atoms with Crippen molar-refractivity contribution in [2.45, 2.75) is 18.9 Å². The molecule has 3 nitrogen and oxygen atoms in total. The fourth-order valence-corrected chi connectivity index (χ4v) is 2.33. The normalized spacial score (nSPS) is 24.6. The number of hydrogen-bond acceptors (Lipinski definition) is 3. The predicted octanol–water partition coefficient (Wildman–Crippen LogP) is 1.21. The topological polar surface area (TPSA) is 41.5 Å². The van der Waals surface area contributed by atoms with E-state index >= 15 is 0 Å². The molecule has 1 fully saturated rings. The molecule has 1 aliphatic rings. The molecule has 1 aromatic carbocycles. The largest absolute Gasteiger partial charge is 0.497 e. The van der Waals surface area contributed by atoms with Gasteiger partial charge in [0.25, 0.3) is 0 Å². The maximum absolute atomic E-state index is 9.05. The molecule has 2 atom stereocenters. The molecule has 1 aromatic rings. The van der Waals surface area contributed by atoms with Crippen LogP contribution < -0.4 is 10.1 Å². The zero-order valence-corrected chi connectivity index (χ0v) is 9.65. The zero-order chi connectivity index (χ0) is 11.4. The van der Waals surface area contributed by atoms with Crippen molar-refractivity contribution < 1.29 is 9.84 Å². The first kappa shape index (κ1) is 11.4. The smallest absolute Gasteiger partial charge is 0.119 e. The Morgan fingerprint density at radius 2 is 2.38 bits per heavy atom. The maximum Gasteiger partial charge on any atom is 0.119 e. The molecule has 0 aliphatic carbocycles. The summed E-state index contributed by atoms with van der Waals surface area (Å²) in [5.74, 6) is 1.55. The number of rotatable bonds is 4. The minimum atomic E-state index is 0.245. The van der Waals surface area contributed by atoms with Gasteiger partial charge in [-0.15, -0.1) is 0 Å². The molecule has 0 saturated carbocycles. The quantitative estimate of drug-likeness (QED) is 0.803. The Bertz CT molecular complexity index is 340. The van der Waals surface area contributed by atoms with E-state index in [0.717, 1.165) is 25.1 Å². The summed E-state index contributed by atoms with van der Waals surface area (Å²) in [7, 11) is 1.69. The van der Waals surface area contributed by atoms with Crippen molar-refractivity contribution in [1.82, 2.24) is 5.32 Å². The summed E-state index contributed by atoms with van der Waals surface area (Å²) in [6, 6.07) is 8.50. The van der Waals surface area contributed by atoms with Crippen molar-refractivity contribution in [2.24, 2.45) is 5.92 Å². The first-order chi connectivity index (χ1) is 7.81. The molecular formula is C13H19NO2. The van der Waals surface area contributed by atoms with Gasteiger partial charge in [0.15, 0.2) is 0 Å². The van der Waals surface area contributed by atoms with Crippen LogP contribution in [0.1, 0.15) is 12.0 Å². The number of benzene rings is 1. The predicted molar refractivity (Wildman–Crippen MR) is 63.7 cm³/mol. The number of aliphatic hydroxyl groups is 1. The standard InChI is InChI=1S/C13H19NO2/c1-16-13-4-2-3-10(7-13)5-11-6-12(9-15)14-8-11/h2-4,7,11-12,14-15H,5-6,8-9H2,1H3. The van der Waals surface area contributed by atoms with Gasteiger partial charge < -0.3 is 15.2 Å². The highest BCUT2D eigenvalue weighted by molar-refractivity contribution is 5.28. The zero-order valence-electron chi connectivity index (χ0n) is 9.65. The Hall–Kier alpha value is -1.06. The highest BCUT2D eigenvalue weighted by Crippen LogP contribution is 2.21. The molecule has 2 rings (SSSR count). The fraction of sp³-hybridized carbons (Fsp3) is 0.538. The van der Waals surface area contributed by atoms with Gasteiger partial charge in [0.05, 0.1) is 13.7 Å². The lowest BCUT2D eigenvalue weighted by atomic mass is 9.97. The monoisotopic (exact) mass is 221 g/mol. The van der Waals surface area contributed by atoms with Crippen molar-refractivity contribution in [2.75, 3.05) is 20.3 Å². The molecule has 1 aliphatic heterocycles. The SMILES string of the molecule is COc1cccc(CC2CNC(CO)C2)c1. The van der Waals surface area contributed by atoms with Crippen LogP contribution in [-0.2, 0) is 6.42 Å². The van der Waals surface area contributed by atoms with E-state index in [0.29, 0.717) is 5.92 Å². The summed E-state index contributed by atoms with van der Waals surface area (Å²) in [4.78, 5) is 0. The number of nitrogens with one attached hydrogen (secondary N) is 1. The summed E-state index contributed by atoms with van der Waals surface area (Å²) in [6.45, 7) is 1.25. The van der Waals surface area contributed by atoms with Crippen molar-refractivity contribution in [1.29, 1.82) is 0 Å². The highest BCUT2D eigenvalue weighted by Gasteiger charge is 2.23. The Balaban J connectivity index is 1.94. The van der Waals surface area contributed by atoms with E-state index < -0.39 is 0 Å². The van der Waals surface area contributed by atoms with Gasteiger partial charge >= 0.3 is 0 Å².